The van der Waals surface area contributed by atoms with Gasteiger partial charge in [-0.3, -0.25) is 10.1 Å². The maximum absolute atomic E-state index is 12.1. The Morgan fingerprint density at radius 3 is 2.79 bits per heavy atom. The van der Waals surface area contributed by atoms with Crippen molar-refractivity contribution in [3.05, 3.63) is 34.1 Å². The van der Waals surface area contributed by atoms with E-state index in [1.54, 1.807) is 32.2 Å². The summed E-state index contributed by atoms with van der Waals surface area (Å²) in [5, 5.41) is 22.0. The van der Waals surface area contributed by atoms with Gasteiger partial charge < -0.3 is 5.11 Å². The summed E-state index contributed by atoms with van der Waals surface area (Å²) < 4.78 is 0. The second kappa shape index (κ2) is 5.41. The Morgan fingerprint density at radius 1 is 1.42 bits per heavy atom. The first-order valence-electron chi connectivity index (χ1n) is 5.73. The third-order valence-electron chi connectivity index (χ3n) is 2.52. The number of aliphatic hydroxyl groups is 1. The molecule has 0 aromatic carbocycles. The number of carbonyl (C=O) groups is 1. The summed E-state index contributed by atoms with van der Waals surface area (Å²) in [4.78, 5) is 16.2. The molecule has 2 heterocycles. The number of hydrogen-bond donors (Lipinski definition) is 2. The van der Waals surface area contributed by atoms with E-state index >= 15 is 0 Å². The van der Waals surface area contributed by atoms with Gasteiger partial charge in [-0.25, -0.2) is 4.98 Å². The predicted molar refractivity (Wildman–Crippen MR) is 72.2 cm³/mol. The van der Waals surface area contributed by atoms with Crippen molar-refractivity contribution in [1.29, 1.82) is 0 Å². The number of nitrogens with one attached hydrogen (secondary N) is 1. The molecular weight excluding hydrogens is 264 g/mol. The molecule has 0 bridgehead atoms. The van der Waals surface area contributed by atoms with E-state index in [4.69, 9.17) is 0 Å². The van der Waals surface area contributed by atoms with Gasteiger partial charge in [-0.05, 0) is 26.8 Å². The summed E-state index contributed by atoms with van der Waals surface area (Å²) in [6.45, 7) is 5.13. The molecule has 0 aliphatic carbocycles. The van der Waals surface area contributed by atoms with E-state index < -0.39 is 6.10 Å². The average Bonchev–Trinajstić information content (AvgIpc) is 2.80. The highest BCUT2D eigenvalue weighted by Gasteiger charge is 2.14. The molecule has 2 aromatic heterocycles. The molecule has 1 atom stereocenters. The number of carbonyl (C=O) groups excluding carboxylic acids is 1. The Balaban J connectivity index is 2.18. The highest BCUT2D eigenvalue weighted by atomic mass is 32.1. The van der Waals surface area contributed by atoms with Gasteiger partial charge in [-0.2, -0.15) is 10.2 Å². The van der Waals surface area contributed by atoms with Crippen LogP contribution in [0.3, 0.4) is 0 Å². The Labute approximate surface area is 114 Å². The van der Waals surface area contributed by atoms with Crippen LogP contribution in [0, 0.1) is 13.8 Å². The molecular formula is C12H14N4O2S. The Morgan fingerprint density at radius 2 is 2.16 bits per heavy atom. The molecule has 0 spiro atoms. The monoisotopic (exact) mass is 278 g/mol. The standard InChI is InChI=1S/C12H14N4O2S/c1-6-4-9(7(2)16-15-6)11(18)14-12-13-10(5-19-12)8(3)17/h4-5,8,17H,1-3H3,(H,13,14,18). The first-order valence-corrected chi connectivity index (χ1v) is 6.61. The van der Waals surface area contributed by atoms with Gasteiger partial charge >= 0.3 is 0 Å². The number of nitrogens with zero attached hydrogens (tertiary/aromatic N) is 3. The molecule has 19 heavy (non-hydrogen) atoms. The van der Waals surface area contributed by atoms with Crippen molar-refractivity contribution < 1.29 is 9.90 Å². The molecule has 0 aliphatic heterocycles. The van der Waals surface area contributed by atoms with Crippen LogP contribution in [0.1, 0.15) is 40.5 Å². The summed E-state index contributed by atoms with van der Waals surface area (Å²) in [6, 6.07) is 1.68. The summed E-state index contributed by atoms with van der Waals surface area (Å²) >= 11 is 1.27. The van der Waals surface area contributed by atoms with Crippen LogP contribution in [0.25, 0.3) is 0 Å². The maximum atomic E-state index is 12.1. The number of hydrogen-bond acceptors (Lipinski definition) is 6. The minimum Gasteiger partial charge on any atom is -0.387 e. The lowest BCUT2D eigenvalue weighted by Crippen LogP contribution is -2.15. The summed E-state index contributed by atoms with van der Waals surface area (Å²) in [5.74, 6) is -0.276. The fourth-order valence-electron chi connectivity index (χ4n) is 1.48. The molecule has 0 aliphatic rings. The largest absolute Gasteiger partial charge is 0.387 e. The molecule has 100 valence electrons. The van der Waals surface area contributed by atoms with Crippen LogP contribution in [-0.4, -0.2) is 26.2 Å². The quantitative estimate of drug-likeness (QED) is 0.894. The number of aryl methyl sites for hydroxylation is 2. The minimum absolute atomic E-state index is 0.276. The summed E-state index contributed by atoms with van der Waals surface area (Å²) in [6.07, 6.45) is -0.645. The molecule has 0 saturated heterocycles. The molecule has 1 unspecified atom stereocenters. The molecule has 0 radical (unpaired) electrons. The first kappa shape index (κ1) is 13.6. The number of anilines is 1. The van der Waals surface area contributed by atoms with Gasteiger partial charge in [0.1, 0.15) is 0 Å². The van der Waals surface area contributed by atoms with Crippen molar-refractivity contribution in [2.24, 2.45) is 0 Å². The first-order chi connectivity index (χ1) is 8.97. The van der Waals surface area contributed by atoms with Crippen LogP contribution in [-0.2, 0) is 0 Å². The minimum atomic E-state index is -0.645. The number of amides is 1. The second-order valence-corrected chi connectivity index (χ2v) is 5.05. The lowest BCUT2D eigenvalue weighted by molar-refractivity contribution is 0.102. The third-order valence-corrected chi connectivity index (χ3v) is 3.29. The molecule has 2 rings (SSSR count). The average molecular weight is 278 g/mol. The van der Waals surface area contributed by atoms with E-state index in [0.29, 0.717) is 27.8 Å². The van der Waals surface area contributed by atoms with Crippen LogP contribution in [0.15, 0.2) is 11.4 Å². The van der Waals surface area contributed by atoms with E-state index in [-0.39, 0.29) is 5.91 Å². The van der Waals surface area contributed by atoms with Crippen LogP contribution >= 0.6 is 11.3 Å². The van der Waals surface area contributed by atoms with Crippen LogP contribution < -0.4 is 5.32 Å². The van der Waals surface area contributed by atoms with Gasteiger partial charge in [0.2, 0.25) is 0 Å². The maximum Gasteiger partial charge on any atom is 0.259 e. The lowest BCUT2D eigenvalue weighted by Gasteiger charge is -2.04. The number of rotatable bonds is 3. The molecule has 0 saturated carbocycles. The van der Waals surface area contributed by atoms with Gasteiger partial charge in [0.25, 0.3) is 5.91 Å². The molecule has 7 heteroatoms. The number of aliphatic hydroxyl groups excluding tert-OH is 1. The van der Waals surface area contributed by atoms with Gasteiger partial charge in [0, 0.05) is 5.38 Å². The zero-order chi connectivity index (χ0) is 14.0. The highest BCUT2D eigenvalue weighted by molar-refractivity contribution is 7.14. The topological polar surface area (TPSA) is 88.0 Å². The van der Waals surface area contributed by atoms with E-state index in [0.717, 1.165) is 0 Å². The zero-order valence-electron chi connectivity index (χ0n) is 10.8. The van der Waals surface area contributed by atoms with Crippen molar-refractivity contribution in [2.75, 3.05) is 5.32 Å². The summed E-state index contributed by atoms with van der Waals surface area (Å²) in [5.41, 5.74) is 2.26. The third kappa shape index (κ3) is 3.12. The van der Waals surface area contributed by atoms with E-state index in [2.05, 4.69) is 20.5 Å². The van der Waals surface area contributed by atoms with Gasteiger partial charge in [-0.1, -0.05) is 0 Å². The van der Waals surface area contributed by atoms with Crippen LogP contribution in [0.5, 0.6) is 0 Å². The molecule has 2 aromatic rings. The smallest absolute Gasteiger partial charge is 0.259 e. The van der Waals surface area contributed by atoms with Crippen molar-refractivity contribution in [2.45, 2.75) is 26.9 Å². The highest BCUT2D eigenvalue weighted by Crippen LogP contribution is 2.21. The van der Waals surface area contributed by atoms with Crippen molar-refractivity contribution in [1.82, 2.24) is 15.2 Å². The van der Waals surface area contributed by atoms with Crippen molar-refractivity contribution >= 4 is 22.4 Å². The van der Waals surface area contributed by atoms with Crippen LogP contribution in [0.2, 0.25) is 0 Å². The van der Waals surface area contributed by atoms with E-state index in [9.17, 15) is 9.90 Å². The van der Waals surface area contributed by atoms with Gasteiger partial charge in [0.05, 0.1) is 28.7 Å². The van der Waals surface area contributed by atoms with Gasteiger partial charge in [0.15, 0.2) is 5.13 Å². The Hall–Kier alpha value is -1.86. The van der Waals surface area contributed by atoms with Crippen molar-refractivity contribution in [3.63, 3.8) is 0 Å². The molecule has 2 N–H and O–H groups in total. The van der Waals surface area contributed by atoms with Crippen LogP contribution in [0.4, 0.5) is 5.13 Å². The normalized spacial score (nSPS) is 12.2. The van der Waals surface area contributed by atoms with Gasteiger partial charge in [-0.15, -0.1) is 11.3 Å². The molecule has 1 amide bonds. The SMILES string of the molecule is Cc1cc(C(=O)Nc2nc(C(C)O)cs2)c(C)nn1. The molecule has 0 fully saturated rings. The predicted octanol–water partition coefficient (Wildman–Crippen LogP) is 1.86. The summed E-state index contributed by atoms with van der Waals surface area (Å²) in [7, 11) is 0. The Kier molecular flexibility index (Phi) is 3.87. The van der Waals surface area contributed by atoms with Crippen molar-refractivity contribution in [3.8, 4) is 0 Å². The fraction of sp³-hybridized carbons (Fsp3) is 0.333. The number of thiazole rings is 1. The van der Waals surface area contributed by atoms with E-state index in [1.807, 2.05) is 0 Å². The fourth-order valence-corrected chi connectivity index (χ4v) is 2.27. The second-order valence-electron chi connectivity index (χ2n) is 4.19. The lowest BCUT2D eigenvalue weighted by atomic mass is 10.2. The Bertz CT molecular complexity index is 610. The number of aromatic nitrogens is 3. The van der Waals surface area contributed by atoms with E-state index in [1.165, 1.54) is 11.3 Å². The molecule has 6 nitrogen and oxygen atoms in total. The zero-order valence-corrected chi connectivity index (χ0v) is 11.7.